The predicted octanol–water partition coefficient (Wildman–Crippen LogP) is 1.90. The molecule has 0 saturated carbocycles. The number of rotatable bonds is 4. The fourth-order valence-electron chi connectivity index (χ4n) is 2.19. The number of thioether (sulfide) groups is 1. The van der Waals surface area contributed by atoms with E-state index in [2.05, 4.69) is 17.1 Å². The van der Waals surface area contributed by atoms with E-state index in [1.807, 2.05) is 0 Å². The maximum atomic E-state index is 5.61. The number of hydrogen-bond donors (Lipinski definition) is 1. The summed E-state index contributed by atoms with van der Waals surface area (Å²) < 4.78 is 5.61. The van der Waals surface area contributed by atoms with Crippen LogP contribution in [0.1, 0.15) is 25.7 Å². The number of piperidine rings is 1. The summed E-state index contributed by atoms with van der Waals surface area (Å²) in [5, 5.41) is 3.41. The molecule has 0 radical (unpaired) electrons. The third-order valence-corrected chi connectivity index (χ3v) is 4.45. The van der Waals surface area contributed by atoms with Gasteiger partial charge in [-0.2, -0.15) is 11.8 Å². The van der Waals surface area contributed by atoms with Crippen LogP contribution in [0.5, 0.6) is 0 Å². The standard InChI is InChI=1S/C11H21NOS/c1-2-11(13-7-1)9-14-8-10-3-5-12-6-4-10/h10-12H,1-9H2. The summed E-state index contributed by atoms with van der Waals surface area (Å²) in [6.07, 6.45) is 5.89. The molecule has 0 aromatic heterocycles. The van der Waals surface area contributed by atoms with Crippen LogP contribution in [0.2, 0.25) is 0 Å². The molecule has 1 N–H and O–H groups in total. The van der Waals surface area contributed by atoms with Crippen LogP contribution in [0.4, 0.5) is 0 Å². The lowest BCUT2D eigenvalue weighted by Gasteiger charge is -2.22. The van der Waals surface area contributed by atoms with Gasteiger partial charge in [-0.25, -0.2) is 0 Å². The predicted molar refractivity (Wildman–Crippen MR) is 61.9 cm³/mol. The molecule has 0 bridgehead atoms. The molecule has 1 unspecified atom stereocenters. The molecule has 0 spiro atoms. The van der Waals surface area contributed by atoms with Crippen LogP contribution in [0.15, 0.2) is 0 Å². The number of hydrogen-bond acceptors (Lipinski definition) is 3. The van der Waals surface area contributed by atoms with Gasteiger partial charge in [-0.15, -0.1) is 0 Å². The molecular formula is C11H21NOS. The van der Waals surface area contributed by atoms with Crippen LogP contribution in [0.25, 0.3) is 0 Å². The van der Waals surface area contributed by atoms with E-state index in [-0.39, 0.29) is 0 Å². The smallest absolute Gasteiger partial charge is 0.0666 e. The van der Waals surface area contributed by atoms with Crippen molar-refractivity contribution in [3.8, 4) is 0 Å². The van der Waals surface area contributed by atoms with E-state index in [9.17, 15) is 0 Å². The monoisotopic (exact) mass is 215 g/mol. The van der Waals surface area contributed by atoms with Crippen molar-refractivity contribution in [2.24, 2.45) is 5.92 Å². The van der Waals surface area contributed by atoms with E-state index in [1.165, 1.54) is 50.3 Å². The minimum absolute atomic E-state index is 0.571. The average molecular weight is 215 g/mol. The van der Waals surface area contributed by atoms with Crippen molar-refractivity contribution in [3.05, 3.63) is 0 Å². The third-order valence-electron chi connectivity index (χ3n) is 3.14. The van der Waals surface area contributed by atoms with Crippen LogP contribution >= 0.6 is 11.8 Å². The minimum atomic E-state index is 0.571. The van der Waals surface area contributed by atoms with Gasteiger partial charge < -0.3 is 10.1 Å². The normalized spacial score (nSPS) is 29.6. The zero-order valence-electron chi connectivity index (χ0n) is 8.84. The van der Waals surface area contributed by atoms with Crippen molar-refractivity contribution >= 4 is 11.8 Å². The number of nitrogens with one attached hydrogen (secondary N) is 1. The minimum Gasteiger partial charge on any atom is -0.377 e. The fraction of sp³-hybridized carbons (Fsp3) is 1.00. The molecule has 2 saturated heterocycles. The van der Waals surface area contributed by atoms with Crippen LogP contribution in [0, 0.1) is 5.92 Å². The van der Waals surface area contributed by atoms with Gasteiger partial charge in [0.25, 0.3) is 0 Å². The van der Waals surface area contributed by atoms with Crippen LogP contribution in [0.3, 0.4) is 0 Å². The van der Waals surface area contributed by atoms with Crippen LogP contribution in [-0.2, 0) is 4.74 Å². The molecule has 3 heteroatoms. The molecule has 2 aliphatic rings. The molecule has 0 aromatic rings. The van der Waals surface area contributed by atoms with E-state index in [4.69, 9.17) is 4.74 Å². The SMILES string of the molecule is C1COC(CSCC2CCNCC2)C1. The Balaban J connectivity index is 1.52. The van der Waals surface area contributed by atoms with Gasteiger partial charge in [-0.1, -0.05) is 0 Å². The first-order valence-corrected chi connectivity index (χ1v) is 7.00. The van der Waals surface area contributed by atoms with E-state index < -0.39 is 0 Å². The van der Waals surface area contributed by atoms with Crippen molar-refractivity contribution in [2.45, 2.75) is 31.8 Å². The summed E-state index contributed by atoms with van der Waals surface area (Å²) in [7, 11) is 0. The highest BCUT2D eigenvalue weighted by Gasteiger charge is 2.17. The molecular weight excluding hydrogens is 194 g/mol. The first-order chi connectivity index (χ1) is 6.95. The van der Waals surface area contributed by atoms with Crippen LogP contribution < -0.4 is 5.32 Å². The highest BCUT2D eigenvalue weighted by Crippen LogP contribution is 2.22. The summed E-state index contributed by atoms with van der Waals surface area (Å²) in [6.45, 7) is 3.45. The lowest BCUT2D eigenvalue weighted by molar-refractivity contribution is 0.129. The lowest BCUT2D eigenvalue weighted by atomic mass is 10.0. The van der Waals surface area contributed by atoms with E-state index in [0.29, 0.717) is 6.10 Å². The Morgan fingerprint density at radius 3 is 2.71 bits per heavy atom. The third kappa shape index (κ3) is 3.44. The molecule has 0 amide bonds. The van der Waals surface area contributed by atoms with Gasteiger partial charge >= 0.3 is 0 Å². The topological polar surface area (TPSA) is 21.3 Å². The summed E-state index contributed by atoms with van der Waals surface area (Å²) in [5.41, 5.74) is 0. The Morgan fingerprint density at radius 2 is 2.00 bits per heavy atom. The van der Waals surface area contributed by atoms with Crippen molar-refractivity contribution in [3.63, 3.8) is 0 Å². The number of ether oxygens (including phenoxy) is 1. The average Bonchev–Trinajstić information content (AvgIpc) is 2.72. The molecule has 1 atom stereocenters. The Morgan fingerprint density at radius 1 is 1.14 bits per heavy atom. The maximum Gasteiger partial charge on any atom is 0.0666 e. The van der Waals surface area contributed by atoms with Crippen molar-refractivity contribution < 1.29 is 4.74 Å². The Labute approximate surface area is 91.2 Å². The second-order valence-corrected chi connectivity index (χ2v) is 5.44. The van der Waals surface area contributed by atoms with Crippen molar-refractivity contribution in [1.29, 1.82) is 0 Å². The first kappa shape index (κ1) is 10.8. The van der Waals surface area contributed by atoms with Gasteiger partial charge in [-0.3, -0.25) is 0 Å². The van der Waals surface area contributed by atoms with E-state index in [1.54, 1.807) is 0 Å². The molecule has 2 fully saturated rings. The van der Waals surface area contributed by atoms with Gasteiger partial charge in [-0.05, 0) is 50.4 Å². The molecule has 0 aromatic carbocycles. The summed E-state index contributed by atoms with van der Waals surface area (Å²) in [5.74, 6) is 3.54. The van der Waals surface area contributed by atoms with Gasteiger partial charge in [0.05, 0.1) is 6.10 Å². The summed E-state index contributed by atoms with van der Waals surface area (Å²) in [4.78, 5) is 0. The second-order valence-electron chi connectivity index (χ2n) is 4.37. The zero-order valence-corrected chi connectivity index (χ0v) is 9.65. The molecule has 14 heavy (non-hydrogen) atoms. The van der Waals surface area contributed by atoms with Gasteiger partial charge in [0.2, 0.25) is 0 Å². The van der Waals surface area contributed by atoms with Crippen molar-refractivity contribution in [1.82, 2.24) is 5.32 Å². The highest BCUT2D eigenvalue weighted by molar-refractivity contribution is 7.99. The molecule has 2 heterocycles. The molecule has 0 aliphatic carbocycles. The lowest BCUT2D eigenvalue weighted by Crippen LogP contribution is -2.29. The first-order valence-electron chi connectivity index (χ1n) is 5.85. The quantitative estimate of drug-likeness (QED) is 0.774. The molecule has 2 nitrogen and oxygen atoms in total. The highest BCUT2D eigenvalue weighted by atomic mass is 32.2. The summed E-state index contributed by atoms with van der Waals surface area (Å²) in [6, 6.07) is 0. The van der Waals surface area contributed by atoms with Gasteiger partial charge in [0.1, 0.15) is 0 Å². The van der Waals surface area contributed by atoms with Crippen LogP contribution in [-0.4, -0.2) is 37.3 Å². The van der Waals surface area contributed by atoms with Gasteiger partial charge in [0, 0.05) is 12.4 Å². The second kappa shape index (κ2) is 5.99. The molecule has 82 valence electrons. The zero-order chi connectivity index (χ0) is 9.64. The fourth-order valence-corrected chi connectivity index (χ4v) is 3.52. The molecule has 2 aliphatic heterocycles. The largest absolute Gasteiger partial charge is 0.377 e. The van der Waals surface area contributed by atoms with E-state index in [0.717, 1.165) is 12.5 Å². The maximum absolute atomic E-state index is 5.61. The Hall–Kier alpha value is 0.270. The van der Waals surface area contributed by atoms with Gasteiger partial charge in [0.15, 0.2) is 0 Å². The Bertz CT molecular complexity index is 153. The van der Waals surface area contributed by atoms with Crippen molar-refractivity contribution in [2.75, 3.05) is 31.2 Å². The van der Waals surface area contributed by atoms with E-state index >= 15 is 0 Å². The summed E-state index contributed by atoms with van der Waals surface area (Å²) >= 11 is 2.10. The molecule has 2 rings (SSSR count). The Kier molecular flexibility index (Phi) is 4.61.